The van der Waals surface area contributed by atoms with E-state index in [1.165, 1.54) is 0 Å². The molecule has 2 aliphatic rings. The highest BCUT2D eigenvalue weighted by atomic mass is 16.5. The van der Waals surface area contributed by atoms with Crippen LogP contribution in [0.3, 0.4) is 0 Å². The lowest BCUT2D eigenvalue weighted by molar-refractivity contribution is -0.144. The molecule has 8 heteroatoms. The quantitative estimate of drug-likeness (QED) is 0.765. The smallest absolute Gasteiger partial charge is 0.229 e. The van der Waals surface area contributed by atoms with Crippen molar-refractivity contribution in [3.05, 3.63) is 11.7 Å². The van der Waals surface area contributed by atoms with Crippen LogP contribution in [0.5, 0.6) is 0 Å². The number of hydrogen-bond acceptors (Lipinski definition) is 7. The van der Waals surface area contributed by atoms with E-state index in [0.717, 1.165) is 25.9 Å². The molecule has 0 N–H and O–H groups in total. The molecule has 3 rings (SSSR count). The Bertz CT molecular complexity index is 542. The number of methoxy groups -OCH3 is 1. The molecular formula is C16H26N4O4. The molecule has 2 saturated heterocycles. The average molecular weight is 338 g/mol. The van der Waals surface area contributed by atoms with Crippen molar-refractivity contribution in [1.82, 2.24) is 19.9 Å². The van der Waals surface area contributed by atoms with Crippen molar-refractivity contribution in [2.24, 2.45) is 5.92 Å². The number of piperidine rings is 1. The number of carbonyl (C=O) groups excluding carboxylic acids is 1. The van der Waals surface area contributed by atoms with Gasteiger partial charge in [-0.15, -0.1) is 0 Å². The van der Waals surface area contributed by atoms with Gasteiger partial charge in [-0.1, -0.05) is 5.16 Å². The summed E-state index contributed by atoms with van der Waals surface area (Å²) in [7, 11) is 3.69. The van der Waals surface area contributed by atoms with Gasteiger partial charge < -0.3 is 23.8 Å². The minimum Gasteiger partial charge on any atom is -0.377 e. The van der Waals surface area contributed by atoms with Crippen LogP contribution in [0.25, 0.3) is 0 Å². The van der Waals surface area contributed by atoms with Gasteiger partial charge in [0.05, 0.1) is 19.1 Å². The standard InChI is InChI=1S/C16H26N4O4/c1-19-5-3-12(4-6-19)16(21)20-7-8-23-13(10-20)9-15-17-14(11-22-2)18-24-15/h12-13H,3-11H2,1-2H3. The third-order valence-corrected chi connectivity index (χ3v) is 4.70. The Morgan fingerprint density at radius 1 is 1.33 bits per heavy atom. The Kier molecular flexibility index (Phi) is 5.80. The summed E-state index contributed by atoms with van der Waals surface area (Å²) < 4.78 is 16.0. The number of ether oxygens (including phenoxy) is 2. The molecule has 1 unspecified atom stereocenters. The van der Waals surface area contributed by atoms with E-state index in [9.17, 15) is 4.79 Å². The third-order valence-electron chi connectivity index (χ3n) is 4.70. The summed E-state index contributed by atoms with van der Waals surface area (Å²) in [5.74, 6) is 1.47. The average Bonchev–Trinajstić information content (AvgIpc) is 3.02. The van der Waals surface area contributed by atoms with Gasteiger partial charge in [0.1, 0.15) is 6.61 Å². The summed E-state index contributed by atoms with van der Waals surface area (Å²) in [4.78, 5) is 21.2. The van der Waals surface area contributed by atoms with Crippen LogP contribution in [0.1, 0.15) is 24.6 Å². The highest BCUT2D eigenvalue weighted by Gasteiger charge is 2.31. The molecule has 8 nitrogen and oxygen atoms in total. The maximum atomic E-state index is 12.7. The van der Waals surface area contributed by atoms with Crippen LogP contribution >= 0.6 is 0 Å². The SMILES string of the molecule is COCc1noc(CC2CN(C(=O)C3CCN(C)CC3)CCO2)n1. The van der Waals surface area contributed by atoms with Gasteiger partial charge in [-0.25, -0.2) is 0 Å². The van der Waals surface area contributed by atoms with Gasteiger partial charge in [0.15, 0.2) is 5.82 Å². The predicted octanol–water partition coefficient (Wildman–Crippen LogP) is 0.328. The van der Waals surface area contributed by atoms with Crippen LogP contribution in [0.2, 0.25) is 0 Å². The van der Waals surface area contributed by atoms with Crippen molar-refractivity contribution in [3.8, 4) is 0 Å². The lowest BCUT2D eigenvalue weighted by Gasteiger charge is -2.36. The van der Waals surface area contributed by atoms with Gasteiger partial charge in [0.2, 0.25) is 11.8 Å². The minimum absolute atomic E-state index is 0.0928. The Morgan fingerprint density at radius 2 is 2.12 bits per heavy atom. The molecule has 1 aromatic rings. The lowest BCUT2D eigenvalue weighted by atomic mass is 9.95. The zero-order valence-corrected chi connectivity index (χ0v) is 14.4. The van der Waals surface area contributed by atoms with E-state index in [0.29, 0.717) is 44.4 Å². The van der Waals surface area contributed by atoms with Gasteiger partial charge in [-0.2, -0.15) is 4.98 Å². The first-order chi connectivity index (χ1) is 11.7. The minimum atomic E-state index is -0.0928. The van der Waals surface area contributed by atoms with Gasteiger partial charge in [0.25, 0.3) is 0 Å². The molecule has 2 fully saturated rings. The predicted molar refractivity (Wildman–Crippen MR) is 85.3 cm³/mol. The zero-order chi connectivity index (χ0) is 16.9. The molecule has 1 atom stereocenters. The molecule has 2 aliphatic heterocycles. The van der Waals surface area contributed by atoms with Crippen molar-refractivity contribution < 1.29 is 18.8 Å². The van der Waals surface area contributed by atoms with Crippen LogP contribution in [-0.4, -0.2) is 78.9 Å². The largest absolute Gasteiger partial charge is 0.377 e. The van der Waals surface area contributed by atoms with Gasteiger partial charge in [0, 0.05) is 26.1 Å². The molecule has 0 aromatic carbocycles. The number of amides is 1. The second-order valence-corrected chi connectivity index (χ2v) is 6.60. The molecule has 3 heterocycles. The summed E-state index contributed by atoms with van der Waals surface area (Å²) in [6, 6.07) is 0. The molecular weight excluding hydrogens is 312 g/mol. The van der Waals surface area contributed by atoms with Crippen molar-refractivity contribution in [2.45, 2.75) is 32.0 Å². The molecule has 134 valence electrons. The topological polar surface area (TPSA) is 80.9 Å². The Balaban J connectivity index is 1.52. The highest BCUT2D eigenvalue weighted by molar-refractivity contribution is 5.79. The molecule has 1 aromatic heterocycles. The fourth-order valence-corrected chi connectivity index (χ4v) is 3.31. The van der Waals surface area contributed by atoms with E-state index >= 15 is 0 Å². The lowest BCUT2D eigenvalue weighted by Crippen LogP contribution is -2.49. The van der Waals surface area contributed by atoms with Crippen molar-refractivity contribution in [2.75, 3.05) is 46.9 Å². The monoisotopic (exact) mass is 338 g/mol. The zero-order valence-electron chi connectivity index (χ0n) is 14.4. The summed E-state index contributed by atoms with van der Waals surface area (Å²) in [5.41, 5.74) is 0. The number of carbonyl (C=O) groups is 1. The molecule has 1 amide bonds. The summed E-state index contributed by atoms with van der Waals surface area (Å²) in [6.45, 7) is 4.13. The summed E-state index contributed by atoms with van der Waals surface area (Å²) in [5, 5.41) is 3.85. The second kappa shape index (κ2) is 8.04. The van der Waals surface area contributed by atoms with Gasteiger partial charge in [-0.3, -0.25) is 4.79 Å². The Labute approximate surface area is 142 Å². The van der Waals surface area contributed by atoms with Gasteiger partial charge >= 0.3 is 0 Å². The van der Waals surface area contributed by atoms with E-state index in [1.807, 2.05) is 4.90 Å². The van der Waals surface area contributed by atoms with Gasteiger partial charge in [-0.05, 0) is 33.0 Å². The molecule has 0 radical (unpaired) electrons. The molecule has 0 spiro atoms. The van der Waals surface area contributed by atoms with Crippen LogP contribution < -0.4 is 0 Å². The summed E-state index contributed by atoms with van der Waals surface area (Å²) in [6.07, 6.45) is 2.32. The molecule has 0 bridgehead atoms. The van der Waals surface area contributed by atoms with Crippen LogP contribution in [0, 0.1) is 5.92 Å². The number of nitrogens with zero attached hydrogens (tertiary/aromatic N) is 4. The summed E-state index contributed by atoms with van der Waals surface area (Å²) >= 11 is 0. The van der Waals surface area contributed by atoms with E-state index < -0.39 is 0 Å². The first kappa shape index (κ1) is 17.3. The Hall–Kier alpha value is -1.51. The highest BCUT2D eigenvalue weighted by Crippen LogP contribution is 2.21. The maximum Gasteiger partial charge on any atom is 0.229 e. The fourth-order valence-electron chi connectivity index (χ4n) is 3.31. The van der Waals surface area contributed by atoms with Crippen molar-refractivity contribution >= 4 is 5.91 Å². The third kappa shape index (κ3) is 4.31. The number of likely N-dealkylation sites (tertiary alicyclic amines) is 1. The first-order valence-corrected chi connectivity index (χ1v) is 8.55. The van der Waals surface area contributed by atoms with E-state index in [1.54, 1.807) is 7.11 Å². The number of rotatable bonds is 5. The van der Waals surface area contributed by atoms with E-state index in [4.69, 9.17) is 14.0 Å². The van der Waals surface area contributed by atoms with Crippen molar-refractivity contribution in [1.29, 1.82) is 0 Å². The normalized spacial score (nSPS) is 23.6. The van der Waals surface area contributed by atoms with Crippen LogP contribution in [0.4, 0.5) is 0 Å². The van der Waals surface area contributed by atoms with E-state index in [-0.39, 0.29) is 17.9 Å². The van der Waals surface area contributed by atoms with Crippen molar-refractivity contribution in [3.63, 3.8) is 0 Å². The number of morpholine rings is 1. The maximum absolute atomic E-state index is 12.7. The number of hydrogen-bond donors (Lipinski definition) is 0. The fraction of sp³-hybridized carbons (Fsp3) is 0.812. The van der Waals surface area contributed by atoms with Crippen LogP contribution in [0.15, 0.2) is 4.52 Å². The molecule has 24 heavy (non-hydrogen) atoms. The second-order valence-electron chi connectivity index (χ2n) is 6.60. The molecule has 0 saturated carbocycles. The van der Waals surface area contributed by atoms with E-state index in [2.05, 4.69) is 22.1 Å². The number of aromatic nitrogens is 2. The van der Waals surface area contributed by atoms with Crippen LogP contribution in [-0.2, 0) is 27.3 Å². The Morgan fingerprint density at radius 3 is 2.88 bits per heavy atom. The first-order valence-electron chi connectivity index (χ1n) is 8.55. The molecule has 0 aliphatic carbocycles.